The maximum Gasteiger partial charge on any atom is 0.337 e. The van der Waals surface area contributed by atoms with Crippen molar-refractivity contribution in [1.82, 2.24) is 0 Å². The van der Waals surface area contributed by atoms with Gasteiger partial charge in [-0.25, -0.2) is 4.79 Å². The molecular weight excluding hydrogens is 541 g/mol. The molecule has 2 unspecified atom stereocenters. The summed E-state index contributed by atoms with van der Waals surface area (Å²) < 4.78 is 42.3. The van der Waals surface area contributed by atoms with E-state index < -0.39 is 43.0 Å². The number of benzene rings is 1. The van der Waals surface area contributed by atoms with Crippen LogP contribution in [0.3, 0.4) is 0 Å². The lowest BCUT2D eigenvalue weighted by atomic mass is 10.1. The van der Waals surface area contributed by atoms with E-state index in [1.54, 1.807) is 39.5 Å². The van der Waals surface area contributed by atoms with Crippen LogP contribution >= 0.6 is 0 Å². The minimum absolute atomic E-state index is 0.103. The fraction of sp³-hybridized carbons (Fsp3) is 0.640. The van der Waals surface area contributed by atoms with Crippen molar-refractivity contribution >= 4 is 47.2 Å². The first kappa shape index (κ1) is 33.6. The van der Waals surface area contributed by atoms with Gasteiger partial charge in [-0.05, 0) is 88.2 Å². The van der Waals surface area contributed by atoms with Crippen LogP contribution in [-0.2, 0) is 22.8 Å². The summed E-state index contributed by atoms with van der Waals surface area (Å²) in [6, 6.07) is 3.51. The van der Waals surface area contributed by atoms with Gasteiger partial charge in [-0.2, -0.15) is 0 Å². The van der Waals surface area contributed by atoms with E-state index >= 15 is 0 Å². The smallest absolute Gasteiger partial charge is 0.337 e. The molecule has 1 rings (SSSR count). The Bertz CT molecular complexity index is 889. The highest BCUT2D eigenvalue weighted by atomic mass is 28.4. The van der Waals surface area contributed by atoms with Crippen LogP contribution in [-0.4, -0.2) is 74.6 Å². The van der Waals surface area contributed by atoms with Crippen LogP contribution in [0.5, 0.6) is 17.2 Å². The van der Waals surface area contributed by atoms with Crippen molar-refractivity contribution in [2.45, 2.75) is 83.5 Å². The summed E-state index contributed by atoms with van der Waals surface area (Å²) in [5.74, 6) is -0.768. The fourth-order valence-corrected chi connectivity index (χ4v) is 7.81. The van der Waals surface area contributed by atoms with Gasteiger partial charge in [-0.3, -0.25) is 0 Å². The van der Waals surface area contributed by atoms with Gasteiger partial charge in [0, 0.05) is 16.3 Å². The van der Waals surface area contributed by atoms with Crippen molar-refractivity contribution in [3.63, 3.8) is 0 Å². The monoisotopic (exact) mass is 588 g/mol. The Morgan fingerprint density at radius 1 is 0.838 bits per heavy atom. The Morgan fingerprint density at radius 3 is 1.62 bits per heavy atom. The number of hydrogen-bond donors (Lipinski definition) is 0. The first-order valence-electron chi connectivity index (χ1n) is 12.5. The highest BCUT2D eigenvalue weighted by molar-refractivity contribution is 6.71. The van der Waals surface area contributed by atoms with Crippen molar-refractivity contribution in [2.24, 2.45) is 0 Å². The SMILES string of the molecule is COc1cc(C=CC(=O)OC(O[Si](C)(C)C)(O[Si](C)(C)C)C(O[Si](C)(C)C)C(C)[SiH3])cc(OC)c1OC. The number of methoxy groups -OCH3 is 3. The van der Waals surface area contributed by atoms with Crippen molar-refractivity contribution in [3.8, 4) is 17.2 Å². The average molecular weight is 589 g/mol. The molecule has 0 aliphatic heterocycles. The lowest BCUT2D eigenvalue weighted by Gasteiger charge is -2.48. The van der Waals surface area contributed by atoms with Gasteiger partial charge in [0.05, 0.1) is 21.3 Å². The maximum absolute atomic E-state index is 13.4. The molecule has 2 atom stereocenters. The van der Waals surface area contributed by atoms with Gasteiger partial charge < -0.3 is 32.2 Å². The van der Waals surface area contributed by atoms with Gasteiger partial charge in [0.2, 0.25) is 5.75 Å². The van der Waals surface area contributed by atoms with Crippen molar-refractivity contribution in [2.75, 3.05) is 21.3 Å². The lowest BCUT2D eigenvalue weighted by molar-refractivity contribution is -0.329. The average Bonchev–Trinajstić information content (AvgIpc) is 2.71. The molecule has 0 saturated carbocycles. The number of carbonyl (C=O) groups is 1. The number of carbonyl (C=O) groups excluding carboxylic acids is 1. The van der Waals surface area contributed by atoms with E-state index in [9.17, 15) is 4.79 Å². The summed E-state index contributed by atoms with van der Waals surface area (Å²) in [4.78, 5) is 13.4. The van der Waals surface area contributed by atoms with E-state index in [4.69, 9.17) is 32.2 Å². The molecular formula is C25H48O8Si4. The van der Waals surface area contributed by atoms with Gasteiger partial charge in [0.15, 0.2) is 36.5 Å². The Morgan fingerprint density at radius 2 is 1.30 bits per heavy atom. The number of hydrogen-bond acceptors (Lipinski definition) is 8. The van der Waals surface area contributed by atoms with E-state index in [1.165, 1.54) is 6.08 Å². The van der Waals surface area contributed by atoms with Crippen LogP contribution in [0.4, 0.5) is 0 Å². The van der Waals surface area contributed by atoms with E-state index in [0.717, 1.165) is 10.2 Å². The van der Waals surface area contributed by atoms with Gasteiger partial charge in [0.1, 0.15) is 6.10 Å². The molecule has 0 spiro atoms. The van der Waals surface area contributed by atoms with Crippen LogP contribution in [0.1, 0.15) is 12.5 Å². The molecule has 0 aliphatic rings. The third kappa shape index (κ3) is 11.1. The molecule has 212 valence electrons. The second kappa shape index (κ2) is 13.1. The topological polar surface area (TPSA) is 81.7 Å². The minimum Gasteiger partial charge on any atom is -0.493 e. The molecule has 0 heterocycles. The molecule has 12 heteroatoms. The van der Waals surface area contributed by atoms with E-state index in [-0.39, 0.29) is 5.54 Å². The molecule has 0 radical (unpaired) electrons. The van der Waals surface area contributed by atoms with Gasteiger partial charge in [-0.1, -0.05) is 6.92 Å². The minimum atomic E-state index is -2.27. The molecule has 1 aromatic rings. The second-order valence-electron chi connectivity index (χ2n) is 12.1. The molecule has 37 heavy (non-hydrogen) atoms. The van der Waals surface area contributed by atoms with Crippen LogP contribution in [0.2, 0.25) is 64.5 Å². The zero-order valence-corrected chi connectivity index (χ0v) is 30.2. The summed E-state index contributed by atoms with van der Waals surface area (Å²) >= 11 is 0. The molecule has 0 bridgehead atoms. The highest BCUT2D eigenvalue weighted by Crippen LogP contribution is 2.39. The quantitative estimate of drug-likeness (QED) is 0.130. The number of rotatable bonds is 14. The van der Waals surface area contributed by atoms with E-state index in [0.29, 0.717) is 22.8 Å². The van der Waals surface area contributed by atoms with Gasteiger partial charge in [-0.15, -0.1) is 0 Å². The molecule has 0 fully saturated rings. The molecule has 0 aliphatic carbocycles. The highest BCUT2D eigenvalue weighted by Gasteiger charge is 2.53. The third-order valence-electron chi connectivity index (χ3n) is 4.67. The van der Waals surface area contributed by atoms with E-state index in [2.05, 4.69) is 65.8 Å². The Labute approximate surface area is 229 Å². The molecule has 1 aromatic carbocycles. The molecule has 8 nitrogen and oxygen atoms in total. The summed E-state index contributed by atoms with van der Waals surface area (Å²) in [7, 11) is -1.14. The first-order valence-corrected chi connectivity index (χ1v) is 23.9. The predicted octanol–water partition coefficient (Wildman–Crippen LogP) is 5.02. The van der Waals surface area contributed by atoms with Crippen molar-refractivity contribution in [1.29, 1.82) is 0 Å². The predicted molar refractivity (Wildman–Crippen MR) is 160 cm³/mol. The zero-order valence-electron chi connectivity index (χ0n) is 25.2. The largest absolute Gasteiger partial charge is 0.493 e. The Hall–Kier alpha value is -1.42. The Kier molecular flexibility index (Phi) is 11.9. The Balaban J connectivity index is 3.56. The maximum atomic E-state index is 13.4. The molecule has 0 aromatic heterocycles. The van der Waals surface area contributed by atoms with Crippen LogP contribution in [0.25, 0.3) is 6.08 Å². The summed E-state index contributed by atoms with van der Waals surface area (Å²) in [5.41, 5.74) is 0.784. The van der Waals surface area contributed by atoms with Gasteiger partial charge >= 0.3 is 11.9 Å². The van der Waals surface area contributed by atoms with Gasteiger partial charge in [0.25, 0.3) is 0 Å². The summed E-state index contributed by atoms with van der Waals surface area (Å²) in [6.45, 7) is 20.8. The normalized spacial score (nSPS) is 14.9. The van der Waals surface area contributed by atoms with Crippen molar-refractivity contribution < 1.29 is 37.0 Å². The van der Waals surface area contributed by atoms with Crippen LogP contribution < -0.4 is 14.2 Å². The molecule has 0 saturated heterocycles. The summed E-state index contributed by atoms with van der Waals surface area (Å²) in [6.07, 6.45) is 2.46. The zero-order chi connectivity index (χ0) is 28.8. The number of ether oxygens (including phenoxy) is 4. The number of esters is 1. The fourth-order valence-electron chi connectivity index (χ4n) is 3.62. The first-order chi connectivity index (χ1) is 16.8. The van der Waals surface area contributed by atoms with Crippen molar-refractivity contribution in [3.05, 3.63) is 23.8 Å². The van der Waals surface area contributed by atoms with Crippen LogP contribution in [0.15, 0.2) is 18.2 Å². The lowest BCUT2D eigenvalue weighted by Crippen LogP contribution is -2.62. The summed E-state index contributed by atoms with van der Waals surface area (Å²) in [5, 5.41) is 0. The van der Waals surface area contributed by atoms with E-state index in [1.807, 2.05) is 0 Å². The van der Waals surface area contributed by atoms with Crippen LogP contribution in [0, 0.1) is 0 Å². The second-order valence-corrected chi connectivity index (χ2v) is 27.3. The standard InChI is InChI=1S/C25H48O8Si4/c1-18(34)24(31-35(5,6)7)25(32-36(8,9)10,33-37(11,12)13)30-22(26)15-14-19-16-20(27-2)23(29-4)21(17-19)28-3/h14-18,24H,1-13,34H3. The third-order valence-corrected chi connectivity index (χ3v) is 8.03. The molecule has 0 amide bonds. The molecule has 0 N–H and O–H groups in total.